The lowest BCUT2D eigenvalue weighted by atomic mass is 10.1. The van der Waals surface area contributed by atoms with Crippen LogP contribution in [0.15, 0.2) is 53.9 Å². The molecular weight excluding hydrogens is 413 g/mol. The van der Waals surface area contributed by atoms with Gasteiger partial charge in [0.2, 0.25) is 5.91 Å². The molecule has 158 valence electrons. The maximum absolute atomic E-state index is 12.7. The zero-order valence-corrected chi connectivity index (χ0v) is 17.1. The Morgan fingerprint density at radius 3 is 2.43 bits per heavy atom. The molecule has 30 heavy (non-hydrogen) atoms. The lowest BCUT2D eigenvalue weighted by molar-refractivity contribution is -0.137. The summed E-state index contributed by atoms with van der Waals surface area (Å²) in [7, 11) is 0. The van der Waals surface area contributed by atoms with Gasteiger partial charge in [-0.3, -0.25) is 4.79 Å². The number of rotatable bonds is 8. The van der Waals surface area contributed by atoms with E-state index in [-0.39, 0.29) is 12.3 Å². The van der Waals surface area contributed by atoms with Crippen LogP contribution in [0.4, 0.5) is 13.2 Å². The Labute approximate surface area is 176 Å². The minimum Gasteiger partial charge on any atom is -0.494 e. The van der Waals surface area contributed by atoms with Gasteiger partial charge in [-0.1, -0.05) is 24.3 Å². The summed E-state index contributed by atoms with van der Waals surface area (Å²) in [5, 5.41) is 5.37. The van der Waals surface area contributed by atoms with Gasteiger partial charge in [0, 0.05) is 23.9 Å². The lowest BCUT2D eigenvalue weighted by Gasteiger charge is -2.06. The van der Waals surface area contributed by atoms with E-state index in [0.29, 0.717) is 30.1 Å². The fraction of sp³-hybridized carbons (Fsp3) is 0.273. The highest BCUT2D eigenvalue weighted by molar-refractivity contribution is 7.13. The van der Waals surface area contributed by atoms with Crippen LogP contribution in [-0.2, 0) is 23.8 Å². The van der Waals surface area contributed by atoms with Gasteiger partial charge in [-0.25, -0.2) is 4.98 Å². The number of alkyl halides is 3. The quantitative estimate of drug-likeness (QED) is 0.535. The van der Waals surface area contributed by atoms with E-state index in [2.05, 4.69) is 10.3 Å². The first kappa shape index (κ1) is 21.8. The fourth-order valence-corrected chi connectivity index (χ4v) is 3.66. The Kier molecular flexibility index (Phi) is 7.10. The molecule has 0 saturated heterocycles. The smallest absolute Gasteiger partial charge is 0.416 e. The van der Waals surface area contributed by atoms with E-state index in [0.717, 1.165) is 29.1 Å². The number of aromatic nitrogens is 1. The highest BCUT2D eigenvalue weighted by Crippen LogP contribution is 2.31. The second-order valence-electron chi connectivity index (χ2n) is 6.57. The second-order valence-corrected chi connectivity index (χ2v) is 7.43. The SMILES string of the molecule is CCOc1ccc(CC(=O)NCCc2csc(-c3ccc(C(F)(F)F)cc3)n2)cc1. The third kappa shape index (κ3) is 6.06. The number of carbonyl (C=O) groups excluding carboxylic acids is 1. The number of hydrogen-bond acceptors (Lipinski definition) is 4. The van der Waals surface area contributed by atoms with Crippen LogP contribution >= 0.6 is 11.3 Å². The van der Waals surface area contributed by atoms with Gasteiger partial charge in [0.1, 0.15) is 10.8 Å². The van der Waals surface area contributed by atoms with E-state index in [1.54, 1.807) is 0 Å². The number of nitrogens with one attached hydrogen (secondary N) is 1. The molecule has 1 amide bonds. The first-order valence-electron chi connectivity index (χ1n) is 9.45. The predicted octanol–water partition coefficient (Wildman–Crippen LogP) is 5.13. The van der Waals surface area contributed by atoms with Crippen LogP contribution in [-0.4, -0.2) is 24.0 Å². The largest absolute Gasteiger partial charge is 0.494 e. The van der Waals surface area contributed by atoms with Gasteiger partial charge in [0.05, 0.1) is 24.3 Å². The molecule has 0 bridgehead atoms. The molecule has 1 heterocycles. The van der Waals surface area contributed by atoms with Crippen LogP contribution in [0.1, 0.15) is 23.7 Å². The monoisotopic (exact) mass is 434 g/mol. The molecule has 0 fully saturated rings. The third-order valence-corrected chi connectivity index (χ3v) is 5.25. The number of nitrogens with zero attached hydrogens (tertiary/aromatic N) is 1. The normalized spacial score (nSPS) is 11.3. The van der Waals surface area contributed by atoms with Gasteiger partial charge in [-0.05, 0) is 36.8 Å². The summed E-state index contributed by atoms with van der Waals surface area (Å²) >= 11 is 1.37. The molecule has 0 aliphatic rings. The molecule has 0 aliphatic carbocycles. The second kappa shape index (κ2) is 9.75. The highest BCUT2D eigenvalue weighted by Gasteiger charge is 2.30. The lowest BCUT2D eigenvalue weighted by Crippen LogP contribution is -2.27. The van der Waals surface area contributed by atoms with Crippen molar-refractivity contribution >= 4 is 17.2 Å². The number of carbonyl (C=O) groups is 1. The van der Waals surface area contributed by atoms with Gasteiger partial charge in [0.25, 0.3) is 0 Å². The summed E-state index contributed by atoms with van der Waals surface area (Å²) in [6.45, 7) is 2.94. The van der Waals surface area contributed by atoms with E-state index in [1.807, 2.05) is 36.6 Å². The number of hydrogen-bond donors (Lipinski definition) is 1. The average Bonchev–Trinajstić information content (AvgIpc) is 3.18. The van der Waals surface area contributed by atoms with Crippen molar-refractivity contribution < 1.29 is 22.7 Å². The minimum atomic E-state index is -4.35. The Morgan fingerprint density at radius 1 is 1.10 bits per heavy atom. The number of ether oxygens (including phenoxy) is 1. The summed E-state index contributed by atoms with van der Waals surface area (Å²) < 4.78 is 43.4. The van der Waals surface area contributed by atoms with Crippen molar-refractivity contribution in [3.8, 4) is 16.3 Å². The van der Waals surface area contributed by atoms with Crippen molar-refractivity contribution in [3.05, 3.63) is 70.7 Å². The first-order valence-corrected chi connectivity index (χ1v) is 10.3. The average molecular weight is 434 g/mol. The highest BCUT2D eigenvalue weighted by atomic mass is 32.1. The molecule has 1 aromatic heterocycles. The van der Waals surface area contributed by atoms with Gasteiger partial charge >= 0.3 is 6.18 Å². The van der Waals surface area contributed by atoms with Gasteiger partial charge in [0.15, 0.2) is 0 Å². The standard InChI is InChI=1S/C22H21F3N2O2S/c1-2-29-19-9-3-15(4-10-19)13-20(28)26-12-11-18-14-30-21(27-18)16-5-7-17(8-6-16)22(23,24)25/h3-10,14H,2,11-13H2,1H3,(H,26,28). The van der Waals surface area contributed by atoms with E-state index >= 15 is 0 Å². The van der Waals surface area contributed by atoms with E-state index in [4.69, 9.17) is 4.74 Å². The Bertz CT molecular complexity index is 967. The molecule has 0 unspecified atom stereocenters. The minimum absolute atomic E-state index is 0.0858. The zero-order chi connectivity index (χ0) is 21.6. The predicted molar refractivity (Wildman–Crippen MR) is 111 cm³/mol. The number of thiazole rings is 1. The molecule has 0 saturated carbocycles. The van der Waals surface area contributed by atoms with Crippen LogP contribution in [0, 0.1) is 0 Å². The molecule has 8 heteroatoms. The molecule has 0 aliphatic heterocycles. The van der Waals surface area contributed by atoms with E-state index in [1.165, 1.54) is 23.5 Å². The van der Waals surface area contributed by atoms with Crippen molar-refractivity contribution in [2.75, 3.05) is 13.2 Å². The van der Waals surface area contributed by atoms with Gasteiger partial charge in [-0.15, -0.1) is 11.3 Å². The Hall–Kier alpha value is -2.87. The van der Waals surface area contributed by atoms with Gasteiger partial charge < -0.3 is 10.1 Å². The molecule has 3 aromatic rings. The molecule has 0 atom stereocenters. The molecular formula is C22H21F3N2O2S. The van der Waals surface area contributed by atoms with Crippen LogP contribution in [0.5, 0.6) is 5.75 Å². The van der Waals surface area contributed by atoms with Crippen molar-refractivity contribution in [1.29, 1.82) is 0 Å². The van der Waals surface area contributed by atoms with Crippen molar-refractivity contribution in [2.24, 2.45) is 0 Å². The van der Waals surface area contributed by atoms with E-state index in [9.17, 15) is 18.0 Å². The summed E-state index contributed by atoms with van der Waals surface area (Å²) in [6.07, 6.45) is -3.53. The molecule has 0 radical (unpaired) electrons. The third-order valence-electron chi connectivity index (χ3n) is 4.31. The molecule has 1 N–H and O–H groups in total. The van der Waals surface area contributed by atoms with Crippen molar-refractivity contribution in [3.63, 3.8) is 0 Å². The van der Waals surface area contributed by atoms with Crippen LogP contribution in [0.3, 0.4) is 0 Å². The summed E-state index contributed by atoms with van der Waals surface area (Å²) in [5.41, 5.74) is 1.64. The molecule has 4 nitrogen and oxygen atoms in total. The van der Waals surface area contributed by atoms with Crippen molar-refractivity contribution in [2.45, 2.75) is 25.9 Å². The number of amides is 1. The Balaban J connectivity index is 1.47. The first-order chi connectivity index (χ1) is 14.3. The molecule has 2 aromatic carbocycles. The zero-order valence-electron chi connectivity index (χ0n) is 16.3. The molecule has 3 rings (SSSR count). The Morgan fingerprint density at radius 2 is 1.80 bits per heavy atom. The van der Waals surface area contributed by atoms with Crippen LogP contribution in [0.2, 0.25) is 0 Å². The van der Waals surface area contributed by atoms with Gasteiger partial charge in [-0.2, -0.15) is 13.2 Å². The summed E-state index contributed by atoms with van der Waals surface area (Å²) in [6, 6.07) is 12.3. The number of halogens is 3. The van der Waals surface area contributed by atoms with Crippen molar-refractivity contribution in [1.82, 2.24) is 10.3 Å². The summed E-state index contributed by atoms with van der Waals surface area (Å²) in [4.78, 5) is 16.6. The topological polar surface area (TPSA) is 51.2 Å². The molecule has 0 spiro atoms. The van der Waals surface area contributed by atoms with E-state index < -0.39 is 11.7 Å². The van der Waals surface area contributed by atoms with Crippen LogP contribution < -0.4 is 10.1 Å². The van der Waals surface area contributed by atoms with Crippen LogP contribution in [0.25, 0.3) is 10.6 Å². The summed E-state index contributed by atoms with van der Waals surface area (Å²) in [5.74, 6) is 0.686. The maximum atomic E-state index is 12.7. The maximum Gasteiger partial charge on any atom is 0.416 e. The number of benzene rings is 2. The fourth-order valence-electron chi connectivity index (χ4n) is 2.80.